The van der Waals surface area contributed by atoms with Crippen LogP contribution in [-0.4, -0.2) is 40.3 Å². The highest BCUT2D eigenvalue weighted by molar-refractivity contribution is 5.97. The van der Waals surface area contributed by atoms with E-state index in [0.29, 0.717) is 29.8 Å². The molecule has 1 N–H and O–H groups in total. The molecule has 0 radical (unpaired) electrons. The number of aliphatic hydroxyl groups is 1. The number of anilines is 1. The largest absolute Gasteiger partial charge is 0.390 e. The molecule has 2 heterocycles. The van der Waals surface area contributed by atoms with Gasteiger partial charge in [0.25, 0.3) is 0 Å². The lowest BCUT2D eigenvalue weighted by molar-refractivity contribution is -0.152. The average Bonchev–Trinajstić information content (AvgIpc) is 3.03. The summed E-state index contributed by atoms with van der Waals surface area (Å²) in [5, 5.41) is 10.8. The number of nitrogens with zero attached hydrogens (tertiary/aromatic N) is 2. The third-order valence-electron chi connectivity index (χ3n) is 7.48. The third-order valence-corrected chi connectivity index (χ3v) is 7.48. The summed E-state index contributed by atoms with van der Waals surface area (Å²) in [5.41, 5.74) is 2.02. The van der Waals surface area contributed by atoms with Crippen molar-refractivity contribution < 1.29 is 9.90 Å². The molecule has 2 aliphatic heterocycles. The second kappa shape index (κ2) is 4.34. The van der Waals surface area contributed by atoms with Crippen molar-refractivity contribution in [2.75, 3.05) is 11.4 Å². The van der Waals surface area contributed by atoms with Crippen LogP contribution in [0.2, 0.25) is 0 Å². The maximum absolute atomic E-state index is 13.2. The second-order valence-electron chi connectivity index (χ2n) is 8.98. The van der Waals surface area contributed by atoms with E-state index >= 15 is 0 Å². The van der Waals surface area contributed by atoms with Crippen LogP contribution >= 0.6 is 0 Å². The molecule has 2 unspecified atom stereocenters. The molecule has 126 valence electrons. The highest BCUT2D eigenvalue weighted by Gasteiger charge is 2.59. The molecule has 4 heteroatoms. The first-order valence-corrected chi connectivity index (χ1v) is 9.51. The van der Waals surface area contributed by atoms with E-state index < -0.39 is 5.60 Å². The third kappa shape index (κ3) is 1.65. The fourth-order valence-corrected chi connectivity index (χ4v) is 7.02. The van der Waals surface area contributed by atoms with Gasteiger partial charge in [0.1, 0.15) is 0 Å². The molecule has 4 bridgehead atoms. The molecule has 4 nitrogen and oxygen atoms in total. The van der Waals surface area contributed by atoms with Crippen molar-refractivity contribution in [1.29, 1.82) is 0 Å². The van der Waals surface area contributed by atoms with Gasteiger partial charge in [-0.1, -0.05) is 18.2 Å². The van der Waals surface area contributed by atoms with Crippen LogP contribution in [0.3, 0.4) is 0 Å². The fourth-order valence-electron chi connectivity index (χ4n) is 7.02. The van der Waals surface area contributed by atoms with Crippen molar-refractivity contribution in [1.82, 2.24) is 4.90 Å². The summed E-state index contributed by atoms with van der Waals surface area (Å²) in [6.07, 6.45) is 6.25. The maximum atomic E-state index is 13.2. The van der Waals surface area contributed by atoms with Crippen LogP contribution in [0.1, 0.15) is 37.7 Å². The van der Waals surface area contributed by atoms with Crippen molar-refractivity contribution in [2.24, 2.45) is 17.8 Å². The topological polar surface area (TPSA) is 43.8 Å². The first kappa shape index (κ1) is 13.7. The van der Waals surface area contributed by atoms with E-state index in [-0.39, 0.29) is 6.03 Å². The lowest BCUT2D eigenvalue weighted by Gasteiger charge is -2.59. The van der Waals surface area contributed by atoms with Crippen molar-refractivity contribution in [3.05, 3.63) is 29.8 Å². The van der Waals surface area contributed by atoms with Gasteiger partial charge in [0.05, 0.1) is 11.6 Å². The molecular weight excluding hydrogens is 300 g/mol. The van der Waals surface area contributed by atoms with E-state index in [1.54, 1.807) is 0 Å². The lowest BCUT2D eigenvalue weighted by Crippen LogP contribution is -2.62. The zero-order chi connectivity index (χ0) is 16.1. The Balaban J connectivity index is 1.33. The number of carbonyl (C=O) groups is 1. The number of amides is 2. The average molecular weight is 324 g/mol. The number of hydrogen-bond donors (Lipinski definition) is 1. The van der Waals surface area contributed by atoms with Gasteiger partial charge >= 0.3 is 6.03 Å². The molecule has 1 aromatic carbocycles. The van der Waals surface area contributed by atoms with Crippen molar-refractivity contribution in [3.8, 4) is 0 Å². The molecule has 7 rings (SSSR count). The molecule has 1 saturated heterocycles. The summed E-state index contributed by atoms with van der Waals surface area (Å²) in [4.78, 5) is 17.5. The monoisotopic (exact) mass is 324 g/mol. The Morgan fingerprint density at radius 2 is 1.83 bits per heavy atom. The van der Waals surface area contributed by atoms with Gasteiger partial charge in [0, 0.05) is 18.3 Å². The van der Waals surface area contributed by atoms with Gasteiger partial charge in [0.2, 0.25) is 0 Å². The normalized spacial score (nSPS) is 45.0. The molecule has 3 atom stereocenters. The van der Waals surface area contributed by atoms with Crippen LogP contribution in [0.15, 0.2) is 24.3 Å². The molecule has 2 amide bonds. The van der Waals surface area contributed by atoms with E-state index in [1.165, 1.54) is 18.4 Å². The van der Waals surface area contributed by atoms with Crippen LogP contribution < -0.4 is 4.90 Å². The number of fused-ring (bicyclic) bond motifs is 3. The van der Waals surface area contributed by atoms with Crippen LogP contribution in [0.5, 0.6) is 0 Å². The molecule has 0 aromatic heterocycles. The van der Waals surface area contributed by atoms with Gasteiger partial charge in [-0.2, -0.15) is 0 Å². The Bertz CT molecular complexity index is 716. The van der Waals surface area contributed by atoms with Crippen LogP contribution in [0, 0.1) is 17.8 Å². The maximum Gasteiger partial charge on any atom is 0.325 e. The zero-order valence-corrected chi connectivity index (χ0v) is 13.9. The van der Waals surface area contributed by atoms with Crippen molar-refractivity contribution in [3.63, 3.8) is 0 Å². The summed E-state index contributed by atoms with van der Waals surface area (Å²) in [5.74, 6) is 1.72. The van der Waals surface area contributed by atoms with Gasteiger partial charge in [0.15, 0.2) is 0 Å². The first-order chi connectivity index (χ1) is 11.6. The number of carbonyl (C=O) groups excluding carboxylic acids is 1. The van der Waals surface area contributed by atoms with E-state index in [1.807, 2.05) is 6.07 Å². The van der Waals surface area contributed by atoms with E-state index in [2.05, 4.69) is 28.0 Å². The summed E-state index contributed by atoms with van der Waals surface area (Å²) in [6, 6.07) is 9.26. The molecule has 4 aliphatic carbocycles. The minimum atomic E-state index is -0.418. The van der Waals surface area contributed by atoms with E-state index in [0.717, 1.165) is 37.9 Å². The number of rotatable bonds is 1. The smallest absolute Gasteiger partial charge is 0.325 e. The molecule has 1 aromatic rings. The molecule has 24 heavy (non-hydrogen) atoms. The molecule has 0 spiro atoms. The molecular formula is C20H24N2O2. The summed E-state index contributed by atoms with van der Waals surface area (Å²) in [6.45, 7) is 0.869. The minimum absolute atomic E-state index is 0.217. The molecule has 4 saturated carbocycles. The van der Waals surface area contributed by atoms with Crippen molar-refractivity contribution >= 4 is 11.7 Å². The van der Waals surface area contributed by atoms with Gasteiger partial charge in [-0.3, -0.25) is 4.90 Å². The van der Waals surface area contributed by atoms with E-state index in [9.17, 15) is 9.90 Å². The quantitative estimate of drug-likeness (QED) is 0.863. The van der Waals surface area contributed by atoms with Crippen molar-refractivity contribution in [2.45, 2.75) is 56.2 Å². The first-order valence-electron chi connectivity index (χ1n) is 9.51. The second-order valence-corrected chi connectivity index (χ2v) is 8.98. The highest BCUT2D eigenvalue weighted by atomic mass is 16.3. The Morgan fingerprint density at radius 3 is 2.58 bits per heavy atom. The lowest BCUT2D eigenvalue weighted by atomic mass is 9.52. The predicted octanol–water partition coefficient (Wildman–Crippen LogP) is 2.79. The number of benzene rings is 1. The molecule has 6 aliphatic rings. The standard InChI is InChI=1S/C20H24N2O2/c23-19-21(11-16-7-13-3-1-2-4-17(13)22(16)19)18-14-5-12-6-15(18)10-20(24,8-12)9-14/h1-4,12,14-16,18,24H,5-11H2/t12?,14?,15?,16-,18?,20?/m0/s1. The number of hydrogen-bond acceptors (Lipinski definition) is 2. The Morgan fingerprint density at radius 1 is 1.08 bits per heavy atom. The summed E-state index contributed by atoms with van der Waals surface area (Å²) >= 11 is 0. The SMILES string of the molecule is O=C1N(C2C3CC4CC2CC(O)(C4)C3)C[C@@H]2Cc3ccccc3N12. The highest BCUT2D eigenvalue weighted by Crippen LogP contribution is 2.57. The van der Waals surface area contributed by atoms with Crippen LogP contribution in [0.4, 0.5) is 10.5 Å². The van der Waals surface area contributed by atoms with Gasteiger partial charge in [-0.05, 0) is 67.9 Å². The number of urea groups is 1. The van der Waals surface area contributed by atoms with Gasteiger partial charge in [-0.15, -0.1) is 0 Å². The molecule has 5 fully saturated rings. The fraction of sp³-hybridized carbons (Fsp3) is 0.650. The summed E-state index contributed by atoms with van der Waals surface area (Å²) in [7, 11) is 0. The Labute approximate surface area is 142 Å². The van der Waals surface area contributed by atoms with Gasteiger partial charge < -0.3 is 10.0 Å². The number of para-hydroxylation sites is 1. The predicted molar refractivity (Wildman–Crippen MR) is 90.8 cm³/mol. The Kier molecular flexibility index (Phi) is 2.48. The summed E-state index contributed by atoms with van der Waals surface area (Å²) < 4.78 is 0. The van der Waals surface area contributed by atoms with Crippen LogP contribution in [-0.2, 0) is 6.42 Å². The van der Waals surface area contributed by atoms with E-state index in [4.69, 9.17) is 0 Å². The van der Waals surface area contributed by atoms with Gasteiger partial charge in [-0.25, -0.2) is 4.79 Å². The minimum Gasteiger partial charge on any atom is -0.390 e. The Hall–Kier alpha value is -1.55. The van der Waals surface area contributed by atoms with Crippen LogP contribution in [0.25, 0.3) is 0 Å². The zero-order valence-electron chi connectivity index (χ0n) is 13.9.